The van der Waals surface area contributed by atoms with Crippen LogP contribution in [0.5, 0.6) is 0 Å². The van der Waals surface area contributed by atoms with Crippen LogP contribution in [-0.4, -0.2) is 73.0 Å². The van der Waals surface area contributed by atoms with Crippen molar-refractivity contribution in [3.05, 3.63) is 0 Å². The van der Waals surface area contributed by atoms with Crippen molar-refractivity contribution in [3.8, 4) is 0 Å². The Morgan fingerprint density at radius 3 is 1.79 bits per heavy atom. The fourth-order valence-electron chi connectivity index (χ4n) is 6.30. The van der Waals surface area contributed by atoms with Crippen LogP contribution in [0.2, 0.25) is 0 Å². The molecule has 1 saturated heterocycles. The van der Waals surface area contributed by atoms with Gasteiger partial charge < -0.3 is 15.5 Å². The Morgan fingerprint density at radius 2 is 1.27 bits per heavy atom. The predicted molar refractivity (Wildman–Crippen MR) is 126 cm³/mol. The molecule has 1 heterocycles. The first kappa shape index (κ1) is 23.5. The van der Waals surface area contributed by atoms with Gasteiger partial charge in [-0.1, -0.05) is 0 Å². The van der Waals surface area contributed by atoms with E-state index in [1.165, 1.54) is 0 Å². The Kier molecular flexibility index (Phi) is 6.50. The van der Waals surface area contributed by atoms with E-state index < -0.39 is 15.6 Å². The quantitative estimate of drug-likeness (QED) is 0.600. The predicted octanol–water partition coefficient (Wildman–Crippen LogP) is 1.60. The molecule has 5 aliphatic rings. The lowest BCUT2D eigenvalue weighted by Gasteiger charge is -2.40. The van der Waals surface area contributed by atoms with Crippen molar-refractivity contribution in [2.45, 2.75) is 93.9 Å². The summed E-state index contributed by atoms with van der Waals surface area (Å²) in [4.78, 5) is 29.3. The number of hydrogen-bond acceptors (Lipinski definition) is 5. The number of nitrogens with two attached hydrogens (primary N) is 1. The molecule has 33 heavy (non-hydrogen) atoms. The molecule has 5 fully saturated rings. The average molecular weight is 481 g/mol. The van der Waals surface area contributed by atoms with Crippen LogP contribution in [0.3, 0.4) is 0 Å². The number of rotatable bonds is 6. The minimum Gasteiger partial charge on any atom is -0.339 e. The number of carbonyl (C=O) groups is 2. The zero-order chi connectivity index (χ0) is 23.2. The smallest absolute Gasteiger partial charge is 0.242 e. The van der Waals surface area contributed by atoms with Crippen molar-refractivity contribution in [1.82, 2.24) is 14.5 Å². The molecule has 2 amide bonds. The lowest BCUT2D eigenvalue weighted by Crippen LogP contribution is -2.56. The number of hydrogen-bond donors (Lipinski definition) is 2. The molecule has 4 saturated carbocycles. The van der Waals surface area contributed by atoms with E-state index >= 15 is 0 Å². The van der Waals surface area contributed by atoms with E-state index in [0.717, 1.165) is 77.0 Å². The highest BCUT2D eigenvalue weighted by Gasteiger charge is 2.48. The number of amides is 2. The molecule has 186 valence electrons. The van der Waals surface area contributed by atoms with Crippen LogP contribution < -0.4 is 10.5 Å². The minimum absolute atomic E-state index is 0.0603. The fourth-order valence-corrected chi connectivity index (χ4v) is 7.95. The van der Waals surface area contributed by atoms with E-state index in [-0.39, 0.29) is 29.0 Å². The van der Waals surface area contributed by atoms with Gasteiger partial charge in [0.15, 0.2) is 0 Å². The van der Waals surface area contributed by atoms with Crippen molar-refractivity contribution in [2.24, 2.45) is 23.5 Å². The highest BCUT2D eigenvalue weighted by molar-refractivity contribution is 7.90. The van der Waals surface area contributed by atoms with Gasteiger partial charge in [0, 0.05) is 38.1 Å². The molecule has 0 aromatic heterocycles. The van der Waals surface area contributed by atoms with Crippen LogP contribution >= 0.6 is 0 Å². The Morgan fingerprint density at radius 1 is 0.758 bits per heavy atom. The number of nitrogens with zero attached hydrogens (tertiary/aromatic N) is 2. The molecule has 9 heteroatoms. The molecule has 0 radical (unpaired) electrons. The maximum atomic E-state index is 13.1. The molecule has 0 aromatic carbocycles. The first-order chi connectivity index (χ1) is 15.7. The summed E-state index contributed by atoms with van der Waals surface area (Å²) >= 11 is 0. The third kappa shape index (κ3) is 5.25. The maximum absolute atomic E-state index is 13.1. The molecule has 3 N–H and O–H groups in total. The van der Waals surface area contributed by atoms with Crippen molar-refractivity contribution < 1.29 is 18.0 Å². The topological polar surface area (TPSA) is 113 Å². The van der Waals surface area contributed by atoms with Gasteiger partial charge in [0.1, 0.15) is 0 Å². The monoisotopic (exact) mass is 480 g/mol. The summed E-state index contributed by atoms with van der Waals surface area (Å²) in [5, 5.41) is -0.137. The molecule has 1 aliphatic heterocycles. The Bertz CT molecular complexity index is 846. The van der Waals surface area contributed by atoms with Gasteiger partial charge >= 0.3 is 0 Å². The van der Waals surface area contributed by atoms with Crippen LogP contribution in [-0.2, 0) is 19.6 Å². The second-order valence-electron chi connectivity index (χ2n) is 11.4. The van der Waals surface area contributed by atoms with Crippen LogP contribution in [0.1, 0.15) is 77.0 Å². The van der Waals surface area contributed by atoms with Gasteiger partial charge in [-0.2, -0.15) is 0 Å². The van der Waals surface area contributed by atoms with Crippen LogP contribution in [0.4, 0.5) is 0 Å². The molecule has 5 rings (SSSR count). The van der Waals surface area contributed by atoms with Gasteiger partial charge in [0.05, 0.1) is 10.8 Å². The molecule has 0 aromatic rings. The van der Waals surface area contributed by atoms with Gasteiger partial charge in [-0.05, 0) is 88.9 Å². The second-order valence-corrected chi connectivity index (χ2v) is 13.4. The summed E-state index contributed by atoms with van der Waals surface area (Å²) in [6.45, 7) is 2.46. The van der Waals surface area contributed by atoms with Gasteiger partial charge in [-0.15, -0.1) is 0 Å². The number of nitrogens with one attached hydrogen (secondary N) is 1. The van der Waals surface area contributed by atoms with Crippen LogP contribution in [0.25, 0.3) is 0 Å². The molecular formula is C24H40N4O4S. The highest BCUT2D eigenvalue weighted by Crippen LogP contribution is 2.41. The molecular weight excluding hydrogens is 440 g/mol. The fraction of sp³-hybridized carbons (Fsp3) is 0.917. The zero-order valence-electron chi connectivity index (χ0n) is 19.7. The molecule has 4 aliphatic carbocycles. The third-order valence-electron chi connectivity index (χ3n) is 8.95. The number of piperazine rings is 1. The third-order valence-corrected chi connectivity index (χ3v) is 11.0. The average Bonchev–Trinajstić information content (AvgIpc) is 3.75. The Labute approximate surface area is 198 Å². The molecule has 8 nitrogen and oxygen atoms in total. The van der Waals surface area contributed by atoms with Gasteiger partial charge in [-0.25, -0.2) is 13.1 Å². The molecule has 0 spiro atoms. The van der Waals surface area contributed by atoms with Gasteiger partial charge in [0.2, 0.25) is 21.8 Å². The summed E-state index contributed by atoms with van der Waals surface area (Å²) in [6, 6.07) is 0.115. The number of sulfonamides is 1. The Hall–Kier alpha value is -1.19. The van der Waals surface area contributed by atoms with E-state index in [9.17, 15) is 18.0 Å². The lowest BCUT2D eigenvalue weighted by molar-refractivity contribution is -0.144. The second kappa shape index (κ2) is 9.11. The first-order valence-electron chi connectivity index (χ1n) is 13.1. The van der Waals surface area contributed by atoms with E-state index in [0.29, 0.717) is 38.0 Å². The summed E-state index contributed by atoms with van der Waals surface area (Å²) in [5.74, 6) is 1.79. The SMILES string of the molecule is NC1(C(=O)N2CCN(C(=O)C3CCC(C4CCC(NS(=O)(=O)C5CC5)CC4)CC3)CC2)CC1. The maximum Gasteiger partial charge on any atom is 0.242 e. The largest absolute Gasteiger partial charge is 0.339 e. The van der Waals surface area contributed by atoms with Crippen molar-refractivity contribution in [3.63, 3.8) is 0 Å². The summed E-state index contributed by atoms with van der Waals surface area (Å²) in [6.07, 6.45) is 11.4. The normalized spacial score (nSPS) is 34.7. The Balaban J connectivity index is 1.02. The standard InChI is InChI=1S/C24H40N4O4S/c25-24(11-12-24)23(30)28-15-13-27(14-16-28)22(29)19-3-1-17(2-4-19)18-5-7-20(8-6-18)26-33(31,32)21-9-10-21/h17-21,26H,1-16,25H2. The van der Waals surface area contributed by atoms with Crippen LogP contribution in [0, 0.1) is 17.8 Å². The molecule has 0 atom stereocenters. The van der Waals surface area contributed by atoms with Crippen molar-refractivity contribution in [2.75, 3.05) is 26.2 Å². The first-order valence-corrected chi connectivity index (χ1v) is 14.7. The highest BCUT2D eigenvalue weighted by atomic mass is 32.2. The van der Waals surface area contributed by atoms with E-state index in [4.69, 9.17) is 5.73 Å². The number of carbonyl (C=O) groups excluding carboxylic acids is 2. The summed E-state index contributed by atoms with van der Waals surface area (Å²) in [7, 11) is -3.09. The lowest BCUT2D eigenvalue weighted by atomic mass is 9.70. The van der Waals surface area contributed by atoms with Crippen molar-refractivity contribution >= 4 is 21.8 Å². The molecule has 0 bridgehead atoms. The van der Waals surface area contributed by atoms with Gasteiger partial charge in [0.25, 0.3) is 0 Å². The van der Waals surface area contributed by atoms with Crippen molar-refractivity contribution in [1.29, 1.82) is 0 Å². The minimum atomic E-state index is -3.09. The zero-order valence-corrected chi connectivity index (χ0v) is 20.5. The van der Waals surface area contributed by atoms with E-state index in [2.05, 4.69) is 4.72 Å². The summed E-state index contributed by atoms with van der Waals surface area (Å²) < 4.78 is 27.4. The van der Waals surface area contributed by atoms with Gasteiger partial charge in [-0.3, -0.25) is 9.59 Å². The van der Waals surface area contributed by atoms with E-state index in [1.807, 2.05) is 9.80 Å². The van der Waals surface area contributed by atoms with E-state index in [1.54, 1.807) is 0 Å². The summed E-state index contributed by atoms with van der Waals surface area (Å²) in [5.41, 5.74) is 5.43. The van der Waals surface area contributed by atoms with Crippen LogP contribution in [0.15, 0.2) is 0 Å². The molecule has 0 unspecified atom stereocenters.